The van der Waals surface area contributed by atoms with Gasteiger partial charge in [-0.2, -0.15) is 4.91 Å². The molecule has 0 spiro atoms. The number of benzene rings is 1. The van der Waals surface area contributed by atoms with Crippen LogP contribution in [0.2, 0.25) is 0 Å². The molecule has 0 aliphatic heterocycles. The van der Waals surface area contributed by atoms with Gasteiger partial charge in [-0.05, 0) is 12.0 Å². The number of rotatable bonds is 10. The van der Waals surface area contributed by atoms with E-state index in [2.05, 4.69) is 24.2 Å². The van der Waals surface area contributed by atoms with Gasteiger partial charge in [0, 0.05) is 5.92 Å². The van der Waals surface area contributed by atoms with E-state index in [0.717, 1.165) is 6.42 Å². The zero-order valence-corrected chi connectivity index (χ0v) is 11.5. The van der Waals surface area contributed by atoms with Gasteiger partial charge in [0.05, 0.1) is 6.54 Å². The maximum absolute atomic E-state index is 10.5. The molecular formula is C16H25NO. The first-order valence-corrected chi connectivity index (χ1v) is 7.22. The first-order valence-electron chi connectivity index (χ1n) is 7.22. The molecule has 1 unspecified atom stereocenters. The van der Waals surface area contributed by atoms with Crippen molar-refractivity contribution in [3.63, 3.8) is 0 Å². The zero-order valence-electron chi connectivity index (χ0n) is 11.5. The van der Waals surface area contributed by atoms with Gasteiger partial charge < -0.3 is 0 Å². The Morgan fingerprint density at radius 2 is 1.67 bits per heavy atom. The maximum atomic E-state index is 10.5. The molecule has 0 heterocycles. The number of hydrogen-bond donors (Lipinski definition) is 0. The van der Waals surface area contributed by atoms with E-state index in [-0.39, 0.29) is 0 Å². The molecule has 1 aromatic rings. The molecule has 1 atom stereocenters. The Bertz CT molecular complexity index is 310. The van der Waals surface area contributed by atoms with Crippen LogP contribution in [0.15, 0.2) is 35.5 Å². The van der Waals surface area contributed by atoms with E-state index >= 15 is 0 Å². The van der Waals surface area contributed by atoms with Crippen LogP contribution in [-0.2, 0) is 0 Å². The van der Waals surface area contributed by atoms with Crippen molar-refractivity contribution in [3.05, 3.63) is 40.8 Å². The summed E-state index contributed by atoms with van der Waals surface area (Å²) in [6, 6.07) is 10.3. The average molecular weight is 247 g/mol. The highest BCUT2D eigenvalue weighted by Gasteiger charge is 2.10. The second-order valence-electron chi connectivity index (χ2n) is 4.98. The number of hydrogen-bond acceptors (Lipinski definition) is 2. The molecule has 0 saturated heterocycles. The third-order valence-corrected chi connectivity index (χ3v) is 3.47. The van der Waals surface area contributed by atoms with Crippen molar-refractivity contribution in [2.75, 3.05) is 6.54 Å². The summed E-state index contributed by atoms with van der Waals surface area (Å²) in [5, 5.41) is 3.09. The molecule has 1 rings (SSSR count). The first kappa shape index (κ1) is 14.9. The van der Waals surface area contributed by atoms with Crippen molar-refractivity contribution in [3.8, 4) is 0 Å². The van der Waals surface area contributed by atoms with Crippen LogP contribution < -0.4 is 0 Å². The van der Waals surface area contributed by atoms with E-state index < -0.39 is 0 Å². The van der Waals surface area contributed by atoms with Crippen molar-refractivity contribution in [2.45, 2.75) is 57.8 Å². The van der Waals surface area contributed by atoms with Crippen LogP contribution in [-0.4, -0.2) is 6.54 Å². The van der Waals surface area contributed by atoms with E-state index in [1.54, 1.807) is 0 Å². The SMILES string of the molecule is CCCCCCCCC(CN=O)c1ccccc1. The second-order valence-corrected chi connectivity index (χ2v) is 4.98. The number of unbranched alkanes of at least 4 members (excludes halogenated alkanes) is 5. The predicted molar refractivity (Wildman–Crippen MR) is 77.8 cm³/mol. The Labute approximate surface area is 111 Å². The molecule has 100 valence electrons. The third-order valence-electron chi connectivity index (χ3n) is 3.47. The lowest BCUT2D eigenvalue weighted by Crippen LogP contribution is -2.02. The van der Waals surface area contributed by atoms with Crippen LogP contribution in [0.1, 0.15) is 63.4 Å². The smallest absolute Gasteiger partial charge is 0.0879 e. The summed E-state index contributed by atoms with van der Waals surface area (Å²) in [4.78, 5) is 10.5. The van der Waals surface area contributed by atoms with Crippen LogP contribution in [0.3, 0.4) is 0 Å². The largest absolute Gasteiger partial charge is 0.151 e. The van der Waals surface area contributed by atoms with Gasteiger partial charge in [-0.15, -0.1) is 0 Å². The molecule has 0 aliphatic rings. The van der Waals surface area contributed by atoms with Crippen molar-refractivity contribution in [1.29, 1.82) is 0 Å². The van der Waals surface area contributed by atoms with Crippen molar-refractivity contribution in [1.82, 2.24) is 0 Å². The molecule has 0 aromatic heterocycles. The monoisotopic (exact) mass is 247 g/mol. The lowest BCUT2D eigenvalue weighted by molar-refractivity contribution is 0.542. The Morgan fingerprint density at radius 1 is 1.00 bits per heavy atom. The molecule has 0 saturated carbocycles. The lowest BCUT2D eigenvalue weighted by atomic mass is 9.93. The first-order chi connectivity index (χ1) is 8.88. The fourth-order valence-corrected chi connectivity index (χ4v) is 2.35. The normalized spacial score (nSPS) is 12.3. The number of nitroso groups, excluding NO2 is 1. The van der Waals surface area contributed by atoms with Crippen molar-refractivity contribution >= 4 is 0 Å². The maximum Gasteiger partial charge on any atom is 0.0879 e. The fourth-order valence-electron chi connectivity index (χ4n) is 2.35. The lowest BCUT2D eigenvalue weighted by Gasteiger charge is -2.13. The van der Waals surface area contributed by atoms with E-state index in [0.29, 0.717) is 12.5 Å². The van der Waals surface area contributed by atoms with Gasteiger partial charge in [-0.25, -0.2) is 0 Å². The predicted octanol–water partition coefficient (Wildman–Crippen LogP) is 5.29. The quantitative estimate of drug-likeness (QED) is 0.408. The van der Waals surface area contributed by atoms with Gasteiger partial charge in [0.1, 0.15) is 0 Å². The van der Waals surface area contributed by atoms with E-state index in [1.807, 2.05) is 18.2 Å². The minimum Gasteiger partial charge on any atom is -0.151 e. The molecule has 2 nitrogen and oxygen atoms in total. The van der Waals surface area contributed by atoms with E-state index in [4.69, 9.17) is 0 Å². The molecule has 0 radical (unpaired) electrons. The topological polar surface area (TPSA) is 29.4 Å². The second kappa shape index (κ2) is 9.81. The summed E-state index contributed by atoms with van der Waals surface area (Å²) in [6.45, 7) is 2.65. The molecule has 0 bridgehead atoms. The van der Waals surface area contributed by atoms with Crippen LogP contribution in [0.25, 0.3) is 0 Å². The Morgan fingerprint density at radius 3 is 2.33 bits per heavy atom. The number of nitrogens with zero attached hydrogens (tertiary/aromatic N) is 1. The summed E-state index contributed by atoms with van der Waals surface area (Å²) in [5.74, 6) is 0.315. The Balaban J connectivity index is 2.28. The molecule has 0 N–H and O–H groups in total. The van der Waals surface area contributed by atoms with Crippen LogP contribution in [0, 0.1) is 4.91 Å². The van der Waals surface area contributed by atoms with Gasteiger partial charge in [-0.3, -0.25) is 0 Å². The average Bonchev–Trinajstić information content (AvgIpc) is 2.42. The minimum atomic E-state index is 0.315. The molecule has 18 heavy (non-hydrogen) atoms. The Hall–Kier alpha value is -1.18. The zero-order chi connectivity index (χ0) is 13.1. The van der Waals surface area contributed by atoms with Crippen LogP contribution in [0.5, 0.6) is 0 Å². The highest BCUT2D eigenvalue weighted by atomic mass is 16.3. The third kappa shape index (κ3) is 5.95. The molecule has 2 heteroatoms. The molecule has 0 fully saturated rings. The molecule has 0 aliphatic carbocycles. The van der Waals surface area contributed by atoms with Crippen LogP contribution >= 0.6 is 0 Å². The summed E-state index contributed by atoms with van der Waals surface area (Å²) < 4.78 is 0. The minimum absolute atomic E-state index is 0.315. The van der Waals surface area contributed by atoms with Gasteiger partial charge in [-0.1, -0.05) is 81.0 Å². The van der Waals surface area contributed by atoms with Gasteiger partial charge in [0.2, 0.25) is 0 Å². The molecular weight excluding hydrogens is 222 g/mol. The Kier molecular flexibility index (Phi) is 8.11. The van der Waals surface area contributed by atoms with E-state index in [9.17, 15) is 4.91 Å². The molecule has 0 amide bonds. The van der Waals surface area contributed by atoms with Gasteiger partial charge in [0.25, 0.3) is 0 Å². The van der Waals surface area contributed by atoms with Gasteiger partial charge in [0.15, 0.2) is 0 Å². The van der Waals surface area contributed by atoms with Crippen molar-refractivity contribution < 1.29 is 0 Å². The highest BCUT2D eigenvalue weighted by molar-refractivity contribution is 5.19. The summed E-state index contributed by atoms with van der Waals surface area (Å²) in [5.41, 5.74) is 1.26. The highest BCUT2D eigenvalue weighted by Crippen LogP contribution is 2.23. The van der Waals surface area contributed by atoms with Crippen molar-refractivity contribution in [2.24, 2.45) is 5.18 Å². The van der Waals surface area contributed by atoms with Gasteiger partial charge >= 0.3 is 0 Å². The molecule has 1 aromatic carbocycles. The fraction of sp³-hybridized carbons (Fsp3) is 0.625. The summed E-state index contributed by atoms with van der Waals surface area (Å²) >= 11 is 0. The summed E-state index contributed by atoms with van der Waals surface area (Å²) in [7, 11) is 0. The standard InChI is InChI=1S/C16H25NO/c1-2-3-4-5-6-8-13-16(14-17-18)15-11-9-7-10-12-15/h7,9-12,16H,2-6,8,13-14H2,1H3. The van der Waals surface area contributed by atoms with Crippen LogP contribution in [0.4, 0.5) is 0 Å². The van der Waals surface area contributed by atoms with E-state index in [1.165, 1.54) is 44.1 Å². The summed E-state index contributed by atoms with van der Waals surface area (Å²) in [6.07, 6.45) is 8.88.